The number of nitrogens with zero attached hydrogens (tertiary/aromatic N) is 2. The zero-order chi connectivity index (χ0) is 12.3. The molecular weight excluding hydrogens is 236 g/mol. The van der Waals surface area contributed by atoms with Gasteiger partial charge in [0.2, 0.25) is 0 Å². The fraction of sp³-hybridized carbons (Fsp3) is 0.364. The highest BCUT2D eigenvalue weighted by Gasteiger charge is 2.17. The topological polar surface area (TPSA) is 65.1 Å². The maximum Gasteiger partial charge on any atom is 0.134 e. The number of nitrogens with one attached hydrogen (secondary N) is 1. The van der Waals surface area contributed by atoms with Crippen molar-refractivity contribution < 1.29 is 4.74 Å². The zero-order valence-electron chi connectivity index (χ0n) is 9.88. The molecule has 0 radical (unpaired) electrons. The molecule has 0 aliphatic carbocycles. The minimum absolute atomic E-state index is 0.0276. The molecule has 17 heavy (non-hydrogen) atoms. The molecule has 0 fully saturated rings. The SMILES string of the molecule is COc1ccsc1C(Cc1ccn(C)n1)NN. The highest BCUT2D eigenvalue weighted by atomic mass is 32.1. The van der Waals surface area contributed by atoms with Crippen molar-refractivity contribution in [1.82, 2.24) is 15.2 Å². The largest absolute Gasteiger partial charge is 0.496 e. The maximum absolute atomic E-state index is 5.61. The standard InChI is InChI=1S/C11H16N4OS/c1-15-5-3-8(14-15)7-9(13-12)11-10(16-2)4-6-17-11/h3-6,9,13H,7,12H2,1-2H3. The van der Waals surface area contributed by atoms with Crippen LogP contribution in [0.15, 0.2) is 23.7 Å². The van der Waals surface area contributed by atoms with Gasteiger partial charge in [-0.3, -0.25) is 16.0 Å². The molecule has 0 aromatic carbocycles. The third-order valence-corrected chi connectivity index (χ3v) is 3.59. The van der Waals surface area contributed by atoms with Gasteiger partial charge in [0.15, 0.2) is 0 Å². The van der Waals surface area contributed by atoms with Gasteiger partial charge in [0.05, 0.1) is 23.7 Å². The van der Waals surface area contributed by atoms with Crippen molar-refractivity contribution in [3.63, 3.8) is 0 Å². The number of ether oxygens (including phenoxy) is 1. The third kappa shape index (κ3) is 2.66. The summed E-state index contributed by atoms with van der Waals surface area (Å²) in [5.41, 5.74) is 3.82. The lowest BCUT2D eigenvalue weighted by Gasteiger charge is -2.14. The van der Waals surface area contributed by atoms with E-state index in [0.29, 0.717) is 0 Å². The summed E-state index contributed by atoms with van der Waals surface area (Å²) in [4.78, 5) is 1.10. The lowest BCUT2D eigenvalue weighted by Crippen LogP contribution is -2.29. The van der Waals surface area contributed by atoms with E-state index in [0.717, 1.165) is 22.7 Å². The summed E-state index contributed by atoms with van der Waals surface area (Å²) in [6.45, 7) is 0. The molecule has 1 atom stereocenters. The van der Waals surface area contributed by atoms with E-state index in [-0.39, 0.29) is 6.04 Å². The van der Waals surface area contributed by atoms with Crippen LogP contribution in [0.3, 0.4) is 0 Å². The molecule has 0 saturated carbocycles. The van der Waals surface area contributed by atoms with Crippen LogP contribution in [-0.4, -0.2) is 16.9 Å². The number of hydrazine groups is 1. The quantitative estimate of drug-likeness (QED) is 0.620. The number of hydrogen-bond acceptors (Lipinski definition) is 5. The Labute approximate surface area is 104 Å². The number of rotatable bonds is 5. The van der Waals surface area contributed by atoms with Crippen LogP contribution in [0.5, 0.6) is 5.75 Å². The van der Waals surface area contributed by atoms with E-state index >= 15 is 0 Å². The molecule has 3 N–H and O–H groups in total. The molecule has 0 bridgehead atoms. The van der Waals surface area contributed by atoms with Gasteiger partial charge in [0.1, 0.15) is 5.75 Å². The number of nitrogens with two attached hydrogens (primary N) is 1. The fourth-order valence-corrected chi connectivity index (χ4v) is 2.66. The van der Waals surface area contributed by atoms with Crippen LogP contribution < -0.4 is 16.0 Å². The Morgan fingerprint density at radius 2 is 2.41 bits per heavy atom. The predicted octanol–water partition coefficient (Wildman–Crippen LogP) is 1.24. The summed E-state index contributed by atoms with van der Waals surface area (Å²) in [5, 5.41) is 6.35. The normalized spacial score (nSPS) is 12.6. The second-order valence-electron chi connectivity index (χ2n) is 3.76. The Hall–Kier alpha value is -1.37. The van der Waals surface area contributed by atoms with Gasteiger partial charge in [0, 0.05) is 19.7 Å². The molecule has 2 aromatic rings. The Kier molecular flexibility index (Phi) is 3.78. The minimum Gasteiger partial charge on any atom is -0.496 e. The smallest absolute Gasteiger partial charge is 0.134 e. The van der Waals surface area contributed by atoms with Gasteiger partial charge in [-0.05, 0) is 17.5 Å². The summed E-state index contributed by atoms with van der Waals surface area (Å²) in [6.07, 6.45) is 2.67. The number of hydrogen-bond donors (Lipinski definition) is 2. The monoisotopic (exact) mass is 252 g/mol. The molecule has 6 heteroatoms. The molecule has 0 spiro atoms. The average molecular weight is 252 g/mol. The molecule has 2 aromatic heterocycles. The Bertz CT molecular complexity index is 479. The molecule has 0 saturated heterocycles. The Morgan fingerprint density at radius 3 is 3.00 bits per heavy atom. The van der Waals surface area contributed by atoms with E-state index in [4.69, 9.17) is 10.6 Å². The van der Waals surface area contributed by atoms with Crippen LogP contribution in [0.25, 0.3) is 0 Å². The lowest BCUT2D eigenvalue weighted by atomic mass is 10.1. The number of thiophene rings is 1. The average Bonchev–Trinajstić information content (AvgIpc) is 2.94. The molecule has 0 aliphatic rings. The van der Waals surface area contributed by atoms with Crippen molar-refractivity contribution in [2.45, 2.75) is 12.5 Å². The van der Waals surface area contributed by atoms with E-state index in [1.165, 1.54) is 0 Å². The van der Waals surface area contributed by atoms with Crippen molar-refractivity contribution in [3.8, 4) is 5.75 Å². The number of aromatic nitrogens is 2. The van der Waals surface area contributed by atoms with Crippen LogP contribution in [0.2, 0.25) is 0 Å². The van der Waals surface area contributed by atoms with Gasteiger partial charge >= 0.3 is 0 Å². The van der Waals surface area contributed by atoms with Crippen molar-refractivity contribution in [2.24, 2.45) is 12.9 Å². The van der Waals surface area contributed by atoms with Crippen LogP contribution in [-0.2, 0) is 13.5 Å². The van der Waals surface area contributed by atoms with Crippen molar-refractivity contribution in [3.05, 3.63) is 34.3 Å². The van der Waals surface area contributed by atoms with Gasteiger partial charge in [-0.25, -0.2) is 0 Å². The predicted molar refractivity (Wildman–Crippen MR) is 67.8 cm³/mol. The number of methoxy groups -OCH3 is 1. The van der Waals surface area contributed by atoms with E-state index in [2.05, 4.69) is 10.5 Å². The Morgan fingerprint density at radius 1 is 1.59 bits per heavy atom. The molecule has 92 valence electrons. The molecule has 0 amide bonds. The molecular formula is C11H16N4OS. The summed E-state index contributed by atoms with van der Waals surface area (Å²) >= 11 is 1.63. The first-order valence-electron chi connectivity index (χ1n) is 5.30. The molecule has 1 unspecified atom stereocenters. The van der Waals surface area contributed by atoms with Gasteiger partial charge in [-0.15, -0.1) is 11.3 Å². The second kappa shape index (κ2) is 5.31. The summed E-state index contributed by atoms with van der Waals surface area (Å²) < 4.78 is 7.09. The molecule has 5 nitrogen and oxygen atoms in total. The van der Waals surface area contributed by atoms with Gasteiger partial charge in [-0.2, -0.15) is 5.10 Å². The van der Waals surface area contributed by atoms with Gasteiger partial charge in [-0.1, -0.05) is 0 Å². The van der Waals surface area contributed by atoms with Crippen molar-refractivity contribution in [2.75, 3.05) is 7.11 Å². The Balaban J connectivity index is 2.16. The fourth-order valence-electron chi connectivity index (χ4n) is 1.74. The molecule has 2 heterocycles. The summed E-state index contributed by atoms with van der Waals surface area (Å²) in [6, 6.07) is 3.97. The summed E-state index contributed by atoms with van der Waals surface area (Å²) in [5.74, 6) is 6.48. The van der Waals surface area contributed by atoms with Crippen LogP contribution in [0, 0.1) is 0 Å². The lowest BCUT2D eigenvalue weighted by molar-refractivity contribution is 0.403. The third-order valence-electron chi connectivity index (χ3n) is 2.58. The molecule has 0 aliphatic heterocycles. The van der Waals surface area contributed by atoms with Crippen molar-refractivity contribution in [1.29, 1.82) is 0 Å². The number of aryl methyl sites for hydroxylation is 1. The first-order valence-corrected chi connectivity index (χ1v) is 6.18. The highest BCUT2D eigenvalue weighted by Crippen LogP contribution is 2.31. The van der Waals surface area contributed by atoms with E-state index in [9.17, 15) is 0 Å². The first-order chi connectivity index (χ1) is 8.24. The minimum atomic E-state index is 0.0276. The summed E-state index contributed by atoms with van der Waals surface area (Å²) in [7, 11) is 3.57. The van der Waals surface area contributed by atoms with E-state index < -0.39 is 0 Å². The van der Waals surface area contributed by atoms with Crippen molar-refractivity contribution >= 4 is 11.3 Å². The first kappa shape index (κ1) is 12.1. The zero-order valence-corrected chi connectivity index (χ0v) is 10.7. The van der Waals surface area contributed by atoms with Gasteiger partial charge in [0.25, 0.3) is 0 Å². The second-order valence-corrected chi connectivity index (χ2v) is 4.71. The maximum atomic E-state index is 5.61. The van der Waals surface area contributed by atoms with Crippen LogP contribution in [0.4, 0.5) is 0 Å². The van der Waals surface area contributed by atoms with E-state index in [1.807, 2.05) is 30.8 Å². The van der Waals surface area contributed by atoms with Crippen LogP contribution in [0.1, 0.15) is 16.6 Å². The van der Waals surface area contributed by atoms with Crippen LogP contribution >= 0.6 is 11.3 Å². The molecule has 2 rings (SSSR count). The highest BCUT2D eigenvalue weighted by molar-refractivity contribution is 7.10. The van der Waals surface area contributed by atoms with Gasteiger partial charge < -0.3 is 4.74 Å². The van der Waals surface area contributed by atoms with E-state index in [1.54, 1.807) is 23.1 Å².